The van der Waals surface area contributed by atoms with Crippen molar-refractivity contribution in [1.82, 2.24) is 10.2 Å². The fourth-order valence-electron chi connectivity index (χ4n) is 2.91. The minimum atomic E-state index is 0.565. The average Bonchev–Trinajstić information content (AvgIpc) is 2.59. The zero-order valence-corrected chi connectivity index (χ0v) is 13.3. The summed E-state index contributed by atoms with van der Waals surface area (Å²) >= 11 is 0. The lowest BCUT2D eigenvalue weighted by Gasteiger charge is -2.33. The number of hydrogen-bond acceptors (Lipinski definition) is 3. The Morgan fingerprint density at radius 2 is 1.55 bits per heavy atom. The van der Waals surface area contributed by atoms with E-state index in [2.05, 4.69) is 70.9 Å². The molecule has 0 aliphatic carbocycles. The first-order valence-corrected chi connectivity index (χ1v) is 7.88. The molecular weight excluding hydrogens is 272 g/mol. The third-order valence-corrected chi connectivity index (χ3v) is 3.91. The lowest BCUT2D eigenvalue weighted by molar-refractivity contribution is 0.192. The van der Waals surface area contributed by atoms with Crippen LogP contribution in [0.5, 0.6) is 0 Å². The predicted molar refractivity (Wildman–Crippen MR) is 91.8 cm³/mol. The van der Waals surface area contributed by atoms with Crippen molar-refractivity contribution >= 4 is 0 Å². The maximum Gasteiger partial charge on any atom is 0.0319 e. The molecule has 0 bridgehead atoms. The van der Waals surface area contributed by atoms with E-state index >= 15 is 0 Å². The number of aliphatic hydroxyl groups is 1. The van der Waals surface area contributed by atoms with Gasteiger partial charge >= 0.3 is 0 Å². The second-order valence-electron chi connectivity index (χ2n) is 5.56. The fourth-order valence-corrected chi connectivity index (χ4v) is 2.91. The van der Waals surface area contributed by atoms with Crippen molar-refractivity contribution in [1.29, 1.82) is 0 Å². The summed E-state index contributed by atoms with van der Waals surface area (Å²) < 4.78 is 0. The molecule has 3 nitrogen and oxygen atoms in total. The van der Waals surface area contributed by atoms with Crippen LogP contribution < -0.4 is 5.32 Å². The predicted octanol–water partition coefficient (Wildman–Crippen LogP) is 2.31. The van der Waals surface area contributed by atoms with Gasteiger partial charge in [-0.2, -0.15) is 0 Å². The smallest absolute Gasteiger partial charge is 0.0319 e. The number of benzene rings is 2. The summed E-state index contributed by atoms with van der Waals surface area (Å²) in [6, 6.07) is 22.1. The second-order valence-corrected chi connectivity index (χ2v) is 5.56. The van der Waals surface area contributed by atoms with Crippen LogP contribution in [-0.4, -0.2) is 42.8 Å². The summed E-state index contributed by atoms with van der Waals surface area (Å²) in [6.45, 7) is 4.42. The van der Waals surface area contributed by atoms with Gasteiger partial charge in [0.05, 0.1) is 0 Å². The molecule has 1 atom stereocenters. The molecule has 0 amide bonds. The molecule has 3 rings (SSSR count). The Balaban J connectivity index is 0.000000847. The molecule has 1 aliphatic rings. The molecule has 1 saturated heterocycles. The van der Waals surface area contributed by atoms with Gasteiger partial charge in [0.25, 0.3) is 0 Å². The summed E-state index contributed by atoms with van der Waals surface area (Å²) in [6.07, 6.45) is 1.12. The zero-order chi connectivity index (χ0) is 15.6. The molecule has 22 heavy (non-hydrogen) atoms. The molecule has 2 aromatic carbocycles. The van der Waals surface area contributed by atoms with Crippen LogP contribution in [0, 0.1) is 0 Å². The van der Waals surface area contributed by atoms with Crippen LogP contribution in [-0.2, 0) is 13.0 Å². The molecule has 1 fully saturated rings. The Hall–Kier alpha value is -1.68. The van der Waals surface area contributed by atoms with Crippen LogP contribution in [0.1, 0.15) is 11.1 Å². The van der Waals surface area contributed by atoms with E-state index in [1.165, 1.54) is 11.1 Å². The number of nitrogens with zero attached hydrogens (tertiary/aromatic N) is 1. The van der Waals surface area contributed by atoms with Gasteiger partial charge in [0.1, 0.15) is 0 Å². The molecule has 1 aliphatic heterocycles. The number of rotatable bonds is 4. The van der Waals surface area contributed by atoms with Crippen molar-refractivity contribution in [3.05, 3.63) is 71.8 Å². The average molecular weight is 298 g/mol. The van der Waals surface area contributed by atoms with Gasteiger partial charge in [-0.25, -0.2) is 0 Å². The molecule has 0 aromatic heterocycles. The summed E-state index contributed by atoms with van der Waals surface area (Å²) in [5.41, 5.74) is 2.83. The summed E-state index contributed by atoms with van der Waals surface area (Å²) in [7, 11) is 1.00. The zero-order valence-electron chi connectivity index (χ0n) is 13.3. The quantitative estimate of drug-likeness (QED) is 0.909. The maximum absolute atomic E-state index is 7.00. The number of nitrogens with one attached hydrogen (secondary N) is 1. The first-order chi connectivity index (χ1) is 10.9. The van der Waals surface area contributed by atoms with Crippen LogP contribution in [0.3, 0.4) is 0 Å². The Morgan fingerprint density at radius 1 is 0.955 bits per heavy atom. The van der Waals surface area contributed by atoms with Gasteiger partial charge in [-0.3, -0.25) is 4.90 Å². The maximum atomic E-state index is 7.00. The Bertz CT molecular complexity index is 468. The third-order valence-electron chi connectivity index (χ3n) is 3.91. The van der Waals surface area contributed by atoms with E-state index in [4.69, 9.17) is 5.11 Å². The van der Waals surface area contributed by atoms with Gasteiger partial charge in [0.2, 0.25) is 0 Å². The molecule has 118 valence electrons. The fraction of sp³-hybridized carbons (Fsp3) is 0.368. The molecule has 0 unspecified atom stereocenters. The van der Waals surface area contributed by atoms with E-state index in [1.54, 1.807) is 0 Å². The first kappa shape index (κ1) is 16.7. The van der Waals surface area contributed by atoms with Crippen LogP contribution in [0.4, 0.5) is 0 Å². The molecule has 0 saturated carbocycles. The Labute approximate surface area is 133 Å². The molecule has 0 spiro atoms. The molecule has 2 N–H and O–H groups in total. The van der Waals surface area contributed by atoms with Crippen molar-refractivity contribution in [3.8, 4) is 0 Å². The van der Waals surface area contributed by atoms with E-state index in [0.717, 1.165) is 39.7 Å². The highest BCUT2D eigenvalue weighted by atomic mass is 16.2. The normalized spacial score (nSPS) is 18.4. The van der Waals surface area contributed by atoms with Gasteiger partial charge in [-0.1, -0.05) is 60.7 Å². The number of piperazine rings is 1. The summed E-state index contributed by atoms with van der Waals surface area (Å²) in [5.74, 6) is 0. The topological polar surface area (TPSA) is 35.5 Å². The third kappa shape index (κ3) is 5.26. The molecular formula is C19H26N2O. The van der Waals surface area contributed by atoms with Crippen molar-refractivity contribution < 1.29 is 5.11 Å². The van der Waals surface area contributed by atoms with Crippen LogP contribution in [0.2, 0.25) is 0 Å². The van der Waals surface area contributed by atoms with Gasteiger partial charge < -0.3 is 10.4 Å². The van der Waals surface area contributed by atoms with Crippen molar-refractivity contribution in [2.45, 2.75) is 19.0 Å². The van der Waals surface area contributed by atoms with Gasteiger partial charge in [-0.15, -0.1) is 0 Å². The minimum Gasteiger partial charge on any atom is -0.400 e. The standard InChI is InChI=1S/C18H22N2.CH4O/c1-3-7-16(8-4-1)13-18-15-20(12-11-19-18)14-17-9-5-2-6-10-17;1-2/h1-10,18-19H,11-15H2;2H,1H3/t18-;/m1./s1. The van der Waals surface area contributed by atoms with Gasteiger partial charge in [-0.05, 0) is 17.5 Å². The number of aliphatic hydroxyl groups excluding tert-OH is 1. The van der Waals surface area contributed by atoms with E-state index in [9.17, 15) is 0 Å². The monoisotopic (exact) mass is 298 g/mol. The van der Waals surface area contributed by atoms with Crippen LogP contribution >= 0.6 is 0 Å². The largest absolute Gasteiger partial charge is 0.400 e. The molecule has 3 heteroatoms. The molecule has 1 heterocycles. The lowest BCUT2D eigenvalue weighted by atomic mass is 10.0. The van der Waals surface area contributed by atoms with Crippen LogP contribution in [0.25, 0.3) is 0 Å². The highest BCUT2D eigenvalue weighted by Gasteiger charge is 2.19. The van der Waals surface area contributed by atoms with E-state index in [1.807, 2.05) is 0 Å². The minimum absolute atomic E-state index is 0.565. The lowest BCUT2D eigenvalue weighted by Crippen LogP contribution is -2.51. The second kappa shape index (κ2) is 9.36. The Kier molecular flexibility index (Phi) is 7.10. The van der Waals surface area contributed by atoms with Gasteiger partial charge in [0.15, 0.2) is 0 Å². The molecule has 0 radical (unpaired) electrons. The number of hydrogen-bond donors (Lipinski definition) is 2. The highest BCUT2D eigenvalue weighted by molar-refractivity contribution is 5.17. The SMILES string of the molecule is CO.c1ccc(C[C@@H]2CN(Cc3ccccc3)CCN2)cc1. The first-order valence-electron chi connectivity index (χ1n) is 7.88. The molecule has 2 aromatic rings. The van der Waals surface area contributed by atoms with E-state index in [-0.39, 0.29) is 0 Å². The van der Waals surface area contributed by atoms with Gasteiger partial charge in [0, 0.05) is 39.3 Å². The summed E-state index contributed by atoms with van der Waals surface area (Å²) in [4.78, 5) is 2.55. The highest BCUT2D eigenvalue weighted by Crippen LogP contribution is 2.10. The van der Waals surface area contributed by atoms with E-state index < -0.39 is 0 Å². The summed E-state index contributed by atoms with van der Waals surface area (Å²) in [5, 5.41) is 10.6. The Morgan fingerprint density at radius 3 is 2.18 bits per heavy atom. The van der Waals surface area contributed by atoms with Crippen molar-refractivity contribution in [2.75, 3.05) is 26.7 Å². The van der Waals surface area contributed by atoms with Crippen molar-refractivity contribution in [3.63, 3.8) is 0 Å². The van der Waals surface area contributed by atoms with E-state index in [0.29, 0.717) is 6.04 Å². The van der Waals surface area contributed by atoms with Crippen molar-refractivity contribution in [2.24, 2.45) is 0 Å². The van der Waals surface area contributed by atoms with Crippen LogP contribution in [0.15, 0.2) is 60.7 Å².